The van der Waals surface area contributed by atoms with Gasteiger partial charge >= 0.3 is 0 Å². The maximum absolute atomic E-state index is 6.14. The van der Waals surface area contributed by atoms with Crippen LogP contribution in [0.15, 0.2) is 48.5 Å². The van der Waals surface area contributed by atoms with Crippen LogP contribution in [0.3, 0.4) is 0 Å². The molecule has 1 aliphatic rings. The van der Waals surface area contributed by atoms with Crippen LogP contribution in [-0.2, 0) is 6.42 Å². The van der Waals surface area contributed by atoms with E-state index in [2.05, 4.69) is 13.0 Å². The van der Waals surface area contributed by atoms with Gasteiger partial charge in [-0.25, -0.2) is 0 Å². The van der Waals surface area contributed by atoms with E-state index in [0.29, 0.717) is 6.61 Å². The van der Waals surface area contributed by atoms with Crippen molar-refractivity contribution in [2.45, 2.75) is 31.9 Å². The van der Waals surface area contributed by atoms with Gasteiger partial charge in [0.25, 0.3) is 0 Å². The Hall–Kier alpha value is -2.00. The third-order valence-corrected chi connectivity index (χ3v) is 3.90. The monoisotopic (exact) mass is 283 g/mol. The van der Waals surface area contributed by atoms with Gasteiger partial charge in [0.15, 0.2) is 0 Å². The highest BCUT2D eigenvalue weighted by Gasteiger charge is 2.23. The van der Waals surface area contributed by atoms with E-state index in [4.69, 9.17) is 15.2 Å². The Morgan fingerprint density at radius 2 is 1.95 bits per heavy atom. The number of rotatable bonds is 5. The molecular weight excluding hydrogens is 262 g/mol. The summed E-state index contributed by atoms with van der Waals surface area (Å²) in [5, 5.41) is 0. The molecule has 2 aromatic carbocycles. The van der Waals surface area contributed by atoms with Crippen molar-refractivity contribution in [2.24, 2.45) is 5.73 Å². The number of hydrogen-bond acceptors (Lipinski definition) is 3. The fraction of sp³-hybridized carbons (Fsp3) is 0.333. The van der Waals surface area contributed by atoms with Gasteiger partial charge in [0, 0.05) is 18.0 Å². The predicted molar refractivity (Wildman–Crippen MR) is 83.7 cm³/mol. The van der Waals surface area contributed by atoms with Gasteiger partial charge in [0.05, 0.1) is 0 Å². The molecule has 0 aromatic heterocycles. The number of para-hydroxylation sites is 2. The molecule has 0 radical (unpaired) electrons. The molecule has 0 fully saturated rings. The summed E-state index contributed by atoms with van der Waals surface area (Å²) in [5.41, 5.74) is 8.46. The Bertz CT molecular complexity index is 587. The van der Waals surface area contributed by atoms with Gasteiger partial charge in [-0.3, -0.25) is 0 Å². The van der Waals surface area contributed by atoms with E-state index in [9.17, 15) is 0 Å². The zero-order valence-electron chi connectivity index (χ0n) is 12.3. The summed E-state index contributed by atoms with van der Waals surface area (Å²) in [6.07, 6.45) is 1.87. The Morgan fingerprint density at radius 3 is 2.76 bits per heavy atom. The molecule has 0 bridgehead atoms. The minimum Gasteiger partial charge on any atom is -0.489 e. The third kappa shape index (κ3) is 3.03. The smallest absolute Gasteiger partial charge is 0.137 e. The first-order valence-electron chi connectivity index (χ1n) is 7.49. The topological polar surface area (TPSA) is 44.5 Å². The summed E-state index contributed by atoms with van der Waals surface area (Å²) in [6.45, 7) is 2.63. The summed E-state index contributed by atoms with van der Waals surface area (Å²) in [6, 6.07) is 16.2. The molecule has 2 atom stereocenters. The number of fused-ring (bicyclic) bond motifs is 1. The van der Waals surface area contributed by atoms with Crippen molar-refractivity contribution in [3.05, 3.63) is 59.7 Å². The first-order chi connectivity index (χ1) is 10.3. The first kappa shape index (κ1) is 14.0. The molecule has 0 spiro atoms. The molecule has 2 aromatic rings. The highest BCUT2D eigenvalue weighted by Crippen LogP contribution is 2.30. The van der Waals surface area contributed by atoms with Crippen LogP contribution in [0.5, 0.6) is 11.5 Å². The van der Waals surface area contributed by atoms with Crippen molar-refractivity contribution in [1.29, 1.82) is 0 Å². The minimum atomic E-state index is 0.0166. The Balaban J connectivity index is 1.65. The lowest BCUT2D eigenvalue weighted by Crippen LogP contribution is -2.23. The van der Waals surface area contributed by atoms with Crippen LogP contribution < -0.4 is 15.2 Å². The second-order valence-corrected chi connectivity index (χ2v) is 5.42. The standard InChI is InChI=1S/C18H21NO2/c1-2-16(19)15-8-4-6-10-18(15)20-12-14-11-13-7-3-5-9-17(13)21-14/h3-10,14,16H,2,11-12,19H2,1H3/t14?,16-/m0/s1. The quantitative estimate of drug-likeness (QED) is 0.913. The lowest BCUT2D eigenvalue weighted by molar-refractivity contribution is 0.147. The number of hydrogen-bond donors (Lipinski definition) is 1. The van der Waals surface area contributed by atoms with E-state index in [1.165, 1.54) is 5.56 Å². The highest BCUT2D eigenvalue weighted by molar-refractivity contribution is 5.38. The second-order valence-electron chi connectivity index (χ2n) is 5.42. The van der Waals surface area contributed by atoms with E-state index in [0.717, 1.165) is 29.9 Å². The summed E-state index contributed by atoms with van der Waals surface area (Å²) < 4.78 is 11.9. The Labute approximate surface area is 125 Å². The van der Waals surface area contributed by atoms with Crippen molar-refractivity contribution in [3.63, 3.8) is 0 Å². The lowest BCUT2D eigenvalue weighted by Gasteiger charge is -2.17. The first-order valence-corrected chi connectivity index (χ1v) is 7.49. The minimum absolute atomic E-state index is 0.0166. The van der Waals surface area contributed by atoms with Crippen molar-refractivity contribution < 1.29 is 9.47 Å². The summed E-state index contributed by atoms with van der Waals surface area (Å²) in [4.78, 5) is 0. The Morgan fingerprint density at radius 1 is 1.19 bits per heavy atom. The Kier molecular flexibility index (Phi) is 4.11. The van der Waals surface area contributed by atoms with E-state index in [1.807, 2.05) is 42.5 Å². The summed E-state index contributed by atoms with van der Waals surface area (Å²) in [7, 11) is 0. The number of ether oxygens (including phenoxy) is 2. The zero-order chi connectivity index (χ0) is 14.7. The molecule has 21 heavy (non-hydrogen) atoms. The van der Waals surface area contributed by atoms with Crippen molar-refractivity contribution in [1.82, 2.24) is 0 Å². The fourth-order valence-electron chi connectivity index (χ4n) is 2.67. The average molecular weight is 283 g/mol. The largest absolute Gasteiger partial charge is 0.489 e. The van der Waals surface area contributed by atoms with Crippen LogP contribution in [0.4, 0.5) is 0 Å². The van der Waals surface area contributed by atoms with Crippen molar-refractivity contribution in [2.75, 3.05) is 6.61 Å². The lowest BCUT2D eigenvalue weighted by atomic mass is 10.0. The van der Waals surface area contributed by atoms with Crippen LogP contribution in [0, 0.1) is 0 Å². The molecular formula is C18H21NO2. The van der Waals surface area contributed by atoms with E-state index >= 15 is 0 Å². The van der Waals surface area contributed by atoms with Gasteiger partial charge in [0.1, 0.15) is 24.2 Å². The maximum Gasteiger partial charge on any atom is 0.137 e. The summed E-state index contributed by atoms with van der Waals surface area (Å²) in [5.74, 6) is 1.84. The van der Waals surface area contributed by atoms with Gasteiger partial charge < -0.3 is 15.2 Å². The fourth-order valence-corrected chi connectivity index (χ4v) is 2.67. The van der Waals surface area contributed by atoms with Gasteiger partial charge in [-0.1, -0.05) is 43.3 Å². The van der Waals surface area contributed by atoms with E-state index < -0.39 is 0 Å². The molecule has 110 valence electrons. The van der Waals surface area contributed by atoms with Crippen LogP contribution in [0.25, 0.3) is 0 Å². The molecule has 1 heterocycles. The molecule has 0 amide bonds. The van der Waals surface area contributed by atoms with Crippen molar-refractivity contribution >= 4 is 0 Å². The molecule has 0 saturated carbocycles. The molecule has 0 saturated heterocycles. The van der Waals surface area contributed by atoms with Crippen molar-refractivity contribution in [3.8, 4) is 11.5 Å². The molecule has 1 aliphatic heterocycles. The molecule has 3 heteroatoms. The summed E-state index contributed by atoms with van der Waals surface area (Å²) >= 11 is 0. The van der Waals surface area contributed by atoms with Gasteiger partial charge in [-0.2, -0.15) is 0 Å². The van der Waals surface area contributed by atoms with E-state index in [1.54, 1.807) is 0 Å². The molecule has 3 rings (SSSR count). The predicted octanol–water partition coefficient (Wildman–Crippen LogP) is 3.48. The normalized spacial score (nSPS) is 17.9. The maximum atomic E-state index is 6.14. The van der Waals surface area contributed by atoms with Crippen LogP contribution >= 0.6 is 0 Å². The highest BCUT2D eigenvalue weighted by atomic mass is 16.5. The van der Waals surface area contributed by atoms with E-state index in [-0.39, 0.29) is 12.1 Å². The molecule has 2 N–H and O–H groups in total. The van der Waals surface area contributed by atoms with Gasteiger partial charge in [-0.05, 0) is 24.1 Å². The third-order valence-electron chi connectivity index (χ3n) is 3.90. The SMILES string of the molecule is CC[C@H](N)c1ccccc1OCC1Cc2ccccc2O1. The van der Waals surface area contributed by atoms with Gasteiger partial charge in [-0.15, -0.1) is 0 Å². The van der Waals surface area contributed by atoms with Crippen LogP contribution in [0.2, 0.25) is 0 Å². The van der Waals surface area contributed by atoms with Gasteiger partial charge in [0.2, 0.25) is 0 Å². The average Bonchev–Trinajstić information content (AvgIpc) is 2.95. The van der Waals surface area contributed by atoms with Crippen LogP contribution in [0.1, 0.15) is 30.5 Å². The number of nitrogens with two attached hydrogens (primary N) is 1. The zero-order valence-corrected chi connectivity index (χ0v) is 12.3. The molecule has 3 nitrogen and oxygen atoms in total. The molecule has 0 aliphatic carbocycles. The molecule has 1 unspecified atom stereocenters. The second kappa shape index (κ2) is 6.19. The van der Waals surface area contributed by atoms with Crippen LogP contribution in [-0.4, -0.2) is 12.7 Å². The number of benzene rings is 2.